The van der Waals surface area contributed by atoms with Gasteiger partial charge in [-0.3, -0.25) is 9.59 Å². The van der Waals surface area contributed by atoms with Crippen molar-refractivity contribution in [1.82, 2.24) is 10.6 Å². The molecule has 0 aromatic rings. The lowest BCUT2D eigenvalue weighted by atomic mass is 9.95. The Hall–Kier alpha value is -1.22. The standard InChI is InChI=1S/C18H30N2O6/c1-13(2,3)19-11(21)17(23)15(7-8-15)26-18(24,16(25-17)9-10-16)12(22)20-14(4,5)6/h23-24H,7-10H2,1-6H3,(H,19,21)(H,20,22)/t17-,18+. The summed E-state index contributed by atoms with van der Waals surface area (Å²) in [6.07, 6.45) is 1.23. The molecular weight excluding hydrogens is 340 g/mol. The SMILES string of the molecule is CC(C)(C)NC(=O)[C@]1(O)OC2(CC2)[C@@](O)(C(=O)NC(C)(C)C)OC12CC2. The molecule has 3 rings (SSSR count). The lowest BCUT2D eigenvalue weighted by Gasteiger charge is -2.51. The Bertz CT molecular complexity index is 585. The van der Waals surface area contributed by atoms with Crippen LogP contribution in [0, 0.1) is 0 Å². The predicted molar refractivity (Wildman–Crippen MR) is 91.8 cm³/mol. The summed E-state index contributed by atoms with van der Waals surface area (Å²) < 4.78 is 11.6. The van der Waals surface area contributed by atoms with Crippen LogP contribution >= 0.6 is 0 Å². The zero-order valence-corrected chi connectivity index (χ0v) is 16.4. The minimum absolute atomic E-state index is 0.308. The molecule has 1 heterocycles. The predicted octanol–water partition coefficient (Wildman–Crippen LogP) is 0.305. The number of hydrogen-bond donors (Lipinski definition) is 4. The number of amides is 2. The van der Waals surface area contributed by atoms with Crippen LogP contribution in [0.2, 0.25) is 0 Å². The first-order valence-electron chi connectivity index (χ1n) is 9.09. The van der Waals surface area contributed by atoms with Crippen LogP contribution in [0.15, 0.2) is 0 Å². The van der Waals surface area contributed by atoms with E-state index < -0.39 is 45.7 Å². The van der Waals surface area contributed by atoms with Gasteiger partial charge < -0.3 is 30.3 Å². The van der Waals surface area contributed by atoms with Crippen molar-refractivity contribution >= 4 is 11.8 Å². The third-order valence-corrected chi connectivity index (χ3v) is 4.92. The summed E-state index contributed by atoms with van der Waals surface area (Å²) in [5.74, 6) is -5.92. The smallest absolute Gasteiger partial charge is 0.283 e. The molecule has 3 aliphatic rings. The van der Waals surface area contributed by atoms with Crippen LogP contribution < -0.4 is 10.6 Å². The van der Waals surface area contributed by atoms with Crippen molar-refractivity contribution in [1.29, 1.82) is 0 Å². The Morgan fingerprint density at radius 2 is 1.00 bits per heavy atom. The molecular formula is C18H30N2O6. The second kappa shape index (κ2) is 5.19. The van der Waals surface area contributed by atoms with E-state index in [1.807, 2.05) is 0 Å². The van der Waals surface area contributed by atoms with E-state index in [4.69, 9.17) is 9.47 Å². The molecule has 148 valence electrons. The fourth-order valence-corrected chi connectivity index (χ4v) is 3.36. The highest BCUT2D eigenvalue weighted by Gasteiger charge is 2.82. The normalized spacial score (nSPS) is 34.5. The number of ether oxygens (including phenoxy) is 2. The molecule has 0 radical (unpaired) electrons. The molecule has 8 nitrogen and oxygen atoms in total. The van der Waals surface area contributed by atoms with E-state index in [1.165, 1.54) is 0 Å². The Labute approximate surface area is 153 Å². The first-order chi connectivity index (χ1) is 11.6. The number of aliphatic hydroxyl groups is 2. The van der Waals surface area contributed by atoms with Gasteiger partial charge in [0.15, 0.2) is 0 Å². The first-order valence-corrected chi connectivity index (χ1v) is 9.09. The summed E-state index contributed by atoms with van der Waals surface area (Å²) in [5.41, 5.74) is -4.03. The van der Waals surface area contributed by atoms with Gasteiger partial charge in [-0.15, -0.1) is 0 Å². The Morgan fingerprint density at radius 1 is 0.731 bits per heavy atom. The third kappa shape index (κ3) is 2.93. The second-order valence-electron chi connectivity index (χ2n) is 9.89. The number of hydrogen-bond acceptors (Lipinski definition) is 6. The maximum absolute atomic E-state index is 12.8. The van der Waals surface area contributed by atoms with Gasteiger partial charge >= 0.3 is 0 Å². The van der Waals surface area contributed by atoms with Gasteiger partial charge in [0.05, 0.1) is 0 Å². The average molecular weight is 370 g/mol. The van der Waals surface area contributed by atoms with Gasteiger partial charge in [-0.2, -0.15) is 0 Å². The molecule has 2 saturated carbocycles. The van der Waals surface area contributed by atoms with Crippen LogP contribution in [0.3, 0.4) is 0 Å². The van der Waals surface area contributed by atoms with E-state index in [2.05, 4.69) is 10.6 Å². The molecule has 0 aromatic carbocycles. The molecule has 0 bridgehead atoms. The van der Waals surface area contributed by atoms with Crippen molar-refractivity contribution in [2.24, 2.45) is 0 Å². The first kappa shape index (κ1) is 19.5. The molecule has 2 amide bonds. The van der Waals surface area contributed by atoms with Gasteiger partial charge in [-0.25, -0.2) is 0 Å². The van der Waals surface area contributed by atoms with Crippen molar-refractivity contribution in [2.45, 2.75) is 101 Å². The minimum atomic E-state index is -2.25. The Balaban J connectivity index is 1.91. The maximum atomic E-state index is 12.8. The molecule has 2 spiro atoms. The van der Waals surface area contributed by atoms with Crippen LogP contribution in [-0.4, -0.2) is 55.9 Å². The largest absolute Gasteiger partial charge is 0.356 e. The van der Waals surface area contributed by atoms with Gasteiger partial charge in [0, 0.05) is 11.1 Å². The van der Waals surface area contributed by atoms with Crippen molar-refractivity contribution < 1.29 is 29.3 Å². The quantitative estimate of drug-likeness (QED) is 0.556. The summed E-state index contributed by atoms with van der Waals surface area (Å²) in [5, 5.41) is 27.6. The fraction of sp³-hybridized carbons (Fsp3) is 0.889. The van der Waals surface area contributed by atoms with E-state index in [1.54, 1.807) is 41.5 Å². The van der Waals surface area contributed by atoms with Gasteiger partial charge in [0.25, 0.3) is 23.4 Å². The van der Waals surface area contributed by atoms with E-state index in [9.17, 15) is 19.8 Å². The van der Waals surface area contributed by atoms with Crippen molar-refractivity contribution in [3.8, 4) is 0 Å². The van der Waals surface area contributed by atoms with Crippen molar-refractivity contribution in [2.75, 3.05) is 0 Å². The van der Waals surface area contributed by atoms with E-state index in [0.29, 0.717) is 25.7 Å². The van der Waals surface area contributed by atoms with Crippen LogP contribution in [-0.2, 0) is 19.1 Å². The number of carbonyl (C=O) groups excluding carboxylic acids is 2. The van der Waals surface area contributed by atoms with Gasteiger partial charge in [-0.1, -0.05) is 0 Å². The Kier molecular flexibility index (Phi) is 3.90. The summed E-state index contributed by atoms with van der Waals surface area (Å²) >= 11 is 0. The van der Waals surface area contributed by atoms with Crippen molar-refractivity contribution in [3.63, 3.8) is 0 Å². The van der Waals surface area contributed by atoms with E-state index in [-0.39, 0.29) is 0 Å². The molecule has 2 atom stereocenters. The van der Waals surface area contributed by atoms with Crippen LogP contribution in [0.4, 0.5) is 0 Å². The number of carbonyl (C=O) groups is 2. The third-order valence-electron chi connectivity index (χ3n) is 4.92. The minimum Gasteiger partial charge on any atom is -0.356 e. The highest BCUT2D eigenvalue weighted by atomic mass is 16.8. The zero-order valence-electron chi connectivity index (χ0n) is 16.4. The molecule has 4 N–H and O–H groups in total. The lowest BCUT2D eigenvalue weighted by molar-refractivity contribution is -0.415. The lowest BCUT2D eigenvalue weighted by Crippen LogP contribution is -2.75. The van der Waals surface area contributed by atoms with E-state index >= 15 is 0 Å². The molecule has 3 fully saturated rings. The highest BCUT2D eigenvalue weighted by molar-refractivity contribution is 5.89. The molecule has 0 aromatic heterocycles. The summed E-state index contributed by atoms with van der Waals surface area (Å²) in [4.78, 5) is 25.5. The molecule has 2 aliphatic carbocycles. The highest BCUT2D eigenvalue weighted by Crippen LogP contribution is 2.64. The molecule has 26 heavy (non-hydrogen) atoms. The number of nitrogens with one attached hydrogen (secondary N) is 2. The van der Waals surface area contributed by atoms with Gasteiger partial charge in [-0.05, 0) is 67.2 Å². The summed E-state index contributed by atoms with van der Waals surface area (Å²) in [6.45, 7) is 10.7. The fourth-order valence-electron chi connectivity index (χ4n) is 3.36. The molecule has 1 saturated heterocycles. The topological polar surface area (TPSA) is 117 Å². The van der Waals surface area contributed by atoms with E-state index in [0.717, 1.165) is 0 Å². The van der Waals surface area contributed by atoms with Crippen LogP contribution in [0.5, 0.6) is 0 Å². The molecule has 1 aliphatic heterocycles. The maximum Gasteiger partial charge on any atom is 0.283 e. The van der Waals surface area contributed by atoms with Crippen LogP contribution in [0.25, 0.3) is 0 Å². The van der Waals surface area contributed by atoms with Crippen LogP contribution in [0.1, 0.15) is 67.2 Å². The summed E-state index contributed by atoms with van der Waals surface area (Å²) in [7, 11) is 0. The number of rotatable bonds is 2. The monoisotopic (exact) mass is 370 g/mol. The zero-order chi connectivity index (χ0) is 19.8. The molecule has 8 heteroatoms. The van der Waals surface area contributed by atoms with Gasteiger partial charge in [0.2, 0.25) is 0 Å². The average Bonchev–Trinajstić information content (AvgIpc) is 3.30. The molecule has 0 unspecified atom stereocenters. The van der Waals surface area contributed by atoms with Crippen molar-refractivity contribution in [3.05, 3.63) is 0 Å². The van der Waals surface area contributed by atoms with Gasteiger partial charge in [0.1, 0.15) is 11.2 Å². The second-order valence-corrected chi connectivity index (χ2v) is 9.89. The Morgan fingerprint density at radius 3 is 1.19 bits per heavy atom. The summed E-state index contributed by atoms with van der Waals surface area (Å²) in [6, 6.07) is 0.